The Bertz CT molecular complexity index is 369. The monoisotopic (exact) mass is 232 g/mol. The van der Waals surface area contributed by atoms with Gasteiger partial charge in [0, 0.05) is 13.1 Å². The van der Waals surface area contributed by atoms with Crippen LogP contribution in [0.25, 0.3) is 0 Å². The average Bonchev–Trinajstić information content (AvgIpc) is 2.41. The second kappa shape index (κ2) is 5.32. The molecule has 1 aliphatic heterocycles. The third-order valence-corrected chi connectivity index (χ3v) is 3.39. The summed E-state index contributed by atoms with van der Waals surface area (Å²) in [6, 6.07) is 9.95. The number of carbonyl (C=O) groups is 1. The molecular weight excluding hydrogens is 214 g/mol. The van der Waals surface area contributed by atoms with Crippen molar-refractivity contribution in [3.63, 3.8) is 0 Å². The predicted molar refractivity (Wildman–Crippen MR) is 65.9 cm³/mol. The van der Waals surface area contributed by atoms with Crippen molar-refractivity contribution in [1.82, 2.24) is 5.32 Å². The van der Waals surface area contributed by atoms with Crippen molar-refractivity contribution in [1.29, 1.82) is 0 Å². The summed E-state index contributed by atoms with van der Waals surface area (Å²) in [4.78, 5) is 12.3. The van der Waals surface area contributed by atoms with E-state index < -0.39 is 5.41 Å². The van der Waals surface area contributed by atoms with Crippen molar-refractivity contribution in [3.8, 4) is 0 Å². The maximum Gasteiger partial charge on any atom is 0.316 e. The van der Waals surface area contributed by atoms with Crippen LogP contribution >= 0.6 is 0 Å². The van der Waals surface area contributed by atoms with Crippen LogP contribution in [-0.2, 0) is 14.9 Å². The number of carbonyl (C=O) groups excluding carboxylic acids is 1. The van der Waals surface area contributed by atoms with Crippen LogP contribution < -0.4 is 5.32 Å². The molecule has 3 nitrogen and oxygen atoms in total. The largest absolute Gasteiger partial charge is 0.465 e. The molecule has 1 aromatic rings. The predicted octanol–water partition coefficient (Wildman–Crippen LogP) is 1.89. The molecule has 91 valence electrons. The van der Waals surface area contributed by atoms with Crippen LogP contribution in [0.2, 0.25) is 0 Å². The highest BCUT2D eigenvalue weighted by atomic mass is 16.5. The van der Waals surface area contributed by atoms with Crippen LogP contribution in [-0.4, -0.2) is 25.7 Å². The van der Waals surface area contributed by atoms with E-state index in [1.54, 1.807) is 0 Å². The molecule has 0 spiro atoms. The molecule has 1 aliphatic rings. The van der Waals surface area contributed by atoms with E-state index in [9.17, 15) is 4.79 Å². The van der Waals surface area contributed by atoms with Crippen LogP contribution in [0.5, 0.6) is 0 Å². The Morgan fingerprint density at radius 2 is 1.94 bits per heavy atom. The molecule has 1 aromatic carbocycles. The van der Waals surface area contributed by atoms with Gasteiger partial charge in [-0.1, -0.05) is 30.3 Å². The van der Waals surface area contributed by atoms with Gasteiger partial charge in [-0.2, -0.15) is 0 Å². The number of ether oxygens (including phenoxy) is 1. The number of hydrogen-bond acceptors (Lipinski definition) is 2. The quantitative estimate of drug-likeness (QED) is 0.747. The Kier molecular flexibility index (Phi) is 3.79. The molecule has 1 saturated heterocycles. The van der Waals surface area contributed by atoms with Crippen LogP contribution in [0, 0.1) is 0 Å². The molecule has 2 rings (SSSR count). The van der Waals surface area contributed by atoms with Crippen molar-refractivity contribution in [2.45, 2.75) is 25.2 Å². The van der Waals surface area contributed by atoms with Gasteiger partial charge in [-0.3, -0.25) is 4.79 Å². The summed E-state index contributed by atoms with van der Waals surface area (Å²) in [5.41, 5.74) is 0.590. The summed E-state index contributed by atoms with van der Waals surface area (Å²) in [7, 11) is 0. The fourth-order valence-electron chi connectivity index (χ4n) is 2.41. The standard InChI is InChI=1S/C14H18NO2/c1-2-17-13(16)14(8-10-15-11-9-14)12-6-4-3-5-7-12/h3-7H,2,8-11H2,1H3. The Morgan fingerprint density at radius 1 is 1.29 bits per heavy atom. The summed E-state index contributed by atoms with van der Waals surface area (Å²) in [5.74, 6) is -0.0962. The Hall–Kier alpha value is -1.35. The molecule has 0 saturated carbocycles. The lowest BCUT2D eigenvalue weighted by Gasteiger charge is -2.35. The van der Waals surface area contributed by atoms with E-state index in [1.807, 2.05) is 37.3 Å². The van der Waals surface area contributed by atoms with E-state index in [0.29, 0.717) is 6.61 Å². The minimum atomic E-state index is -0.473. The van der Waals surface area contributed by atoms with E-state index in [2.05, 4.69) is 5.32 Å². The third-order valence-electron chi connectivity index (χ3n) is 3.39. The molecule has 17 heavy (non-hydrogen) atoms. The zero-order valence-electron chi connectivity index (χ0n) is 10.2. The number of esters is 1. The topological polar surface area (TPSA) is 40.4 Å². The summed E-state index contributed by atoms with van der Waals surface area (Å²) in [6.45, 7) is 3.77. The minimum Gasteiger partial charge on any atom is -0.465 e. The second-order valence-corrected chi connectivity index (χ2v) is 4.34. The van der Waals surface area contributed by atoms with Gasteiger partial charge >= 0.3 is 5.97 Å². The molecular formula is C14H18NO2. The Morgan fingerprint density at radius 3 is 2.53 bits per heavy atom. The van der Waals surface area contributed by atoms with Gasteiger partial charge in [0.1, 0.15) is 0 Å². The van der Waals surface area contributed by atoms with Crippen molar-refractivity contribution in [2.24, 2.45) is 0 Å². The van der Waals surface area contributed by atoms with Crippen LogP contribution in [0.15, 0.2) is 30.3 Å². The first-order valence-corrected chi connectivity index (χ1v) is 6.15. The van der Waals surface area contributed by atoms with E-state index in [4.69, 9.17) is 4.74 Å². The molecule has 0 atom stereocenters. The molecule has 1 fully saturated rings. The van der Waals surface area contributed by atoms with Crippen molar-refractivity contribution >= 4 is 5.97 Å². The Labute approximate surface area is 102 Å². The SMILES string of the molecule is CCOC(=O)C1(c2ccccc2)CC[N]CC1. The number of piperidine rings is 1. The van der Waals surface area contributed by atoms with E-state index in [0.717, 1.165) is 31.5 Å². The van der Waals surface area contributed by atoms with Crippen LogP contribution in [0.1, 0.15) is 25.3 Å². The summed E-state index contributed by atoms with van der Waals surface area (Å²) in [5, 5.41) is 4.33. The fraction of sp³-hybridized carbons (Fsp3) is 0.500. The normalized spacial score (nSPS) is 18.6. The zero-order chi connectivity index (χ0) is 12.1. The van der Waals surface area contributed by atoms with Gasteiger partial charge in [-0.25, -0.2) is 5.32 Å². The fourth-order valence-corrected chi connectivity index (χ4v) is 2.41. The molecule has 1 radical (unpaired) electrons. The lowest BCUT2D eigenvalue weighted by atomic mass is 9.73. The summed E-state index contributed by atoms with van der Waals surface area (Å²) < 4.78 is 5.26. The first-order valence-electron chi connectivity index (χ1n) is 6.15. The highest BCUT2D eigenvalue weighted by molar-refractivity contribution is 5.83. The van der Waals surface area contributed by atoms with Gasteiger partial charge in [0.25, 0.3) is 0 Å². The molecule has 0 N–H and O–H groups in total. The molecule has 3 heteroatoms. The number of nitrogens with zero attached hydrogens (tertiary/aromatic N) is 1. The van der Waals surface area contributed by atoms with Gasteiger partial charge in [0.15, 0.2) is 0 Å². The minimum absolute atomic E-state index is 0.0962. The molecule has 0 aliphatic carbocycles. The van der Waals surface area contributed by atoms with Gasteiger partial charge < -0.3 is 4.74 Å². The molecule has 0 aromatic heterocycles. The lowest BCUT2D eigenvalue weighted by Crippen LogP contribution is -2.44. The van der Waals surface area contributed by atoms with E-state index in [1.165, 1.54) is 0 Å². The summed E-state index contributed by atoms with van der Waals surface area (Å²) in [6.07, 6.45) is 1.52. The molecule has 0 unspecified atom stereocenters. The smallest absolute Gasteiger partial charge is 0.316 e. The maximum absolute atomic E-state index is 12.3. The highest BCUT2D eigenvalue weighted by Crippen LogP contribution is 2.35. The van der Waals surface area contributed by atoms with Crippen molar-refractivity contribution in [3.05, 3.63) is 35.9 Å². The van der Waals surface area contributed by atoms with Gasteiger partial charge in [-0.15, -0.1) is 0 Å². The second-order valence-electron chi connectivity index (χ2n) is 4.34. The molecule has 0 amide bonds. The number of hydrogen-bond donors (Lipinski definition) is 0. The van der Waals surface area contributed by atoms with Gasteiger partial charge in [0.2, 0.25) is 0 Å². The van der Waals surface area contributed by atoms with Crippen molar-refractivity contribution in [2.75, 3.05) is 19.7 Å². The van der Waals surface area contributed by atoms with E-state index in [-0.39, 0.29) is 5.97 Å². The van der Waals surface area contributed by atoms with Gasteiger partial charge in [0.05, 0.1) is 12.0 Å². The maximum atomic E-state index is 12.3. The van der Waals surface area contributed by atoms with E-state index >= 15 is 0 Å². The number of benzene rings is 1. The zero-order valence-corrected chi connectivity index (χ0v) is 10.2. The van der Waals surface area contributed by atoms with Crippen LogP contribution in [0.4, 0.5) is 0 Å². The molecule has 1 heterocycles. The van der Waals surface area contributed by atoms with Crippen molar-refractivity contribution < 1.29 is 9.53 Å². The average molecular weight is 232 g/mol. The number of rotatable bonds is 3. The first kappa shape index (κ1) is 12.1. The lowest BCUT2D eigenvalue weighted by molar-refractivity contribution is -0.151. The van der Waals surface area contributed by atoms with Gasteiger partial charge in [-0.05, 0) is 25.3 Å². The highest BCUT2D eigenvalue weighted by Gasteiger charge is 2.42. The third kappa shape index (κ3) is 2.34. The molecule has 0 bridgehead atoms. The first-order chi connectivity index (χ1) is 8.29. The summed E-state index contributed by atoms with van der Waals surface area (Å²) >= 11 is 0. The Balaban J connectivity index is 2.33. The van der Waals surface area contributed by atoms with Crippen LogP contribution in [0.3, 0.4) is 0 Å².